The first-order valence-electron chi connectivity index (χ1n) is 7.30. The Kier molecular flexibility index (Phi) is 3.81. The summed E-state index contributed by atoms with van der Waals surface area (Å²) in [7, 11) is 0. The zero-order chi connectivity index (χ0) is 16.6. The molecule has 1 unspecified atom stereocenters. The average Bonchev–Trinajstić information content (AvgIpc) is 2.82. The van der Waals surface area contributed by atoms with Crippen LogP contribution in [0.1, 0.15) is 40.9 Å². The van der Waals surface area contributed by atoms with Crippen molar-refractivity contribution in [1.29, 1.82) is 0 Å². The molecule has 1 aromatic heterocycles. The van der Waals surface area contributed by atoms with Crippen LogP contribution in [0.25, 0.3) is 0 Å². The molecule has 8 nitrogen and oxygen atoms in total. The van der Waals surface area contributed by atoms with Crippen molar-refractivity contribution in [1.82, 2.24) is 15.2 Å². The van der Waals surface area contributed by atoms with Crippen LogP contribution in [0, 0.1) is 0 Å². The van der Waals surface area contributed by atoms with E-state index in [-0.39, 0.29) is 31.2 Å². The van der Waals surface area contributed by atoms with Crippen molar-refractivity contribution >= 4 is 23.7 Å². The van der Waals surface area contributed by atoms with Gasteiger partial charge < -0.3 is 10.0 Å². The van der Waals surface area contributed by atoms with E-state index in [9.17, 15) is 19.2 Å². The lowest BCUT2D eigenvalue weighted by Crippen LogP contribution is -2.52. The molecule has 1 atom stereocenters. The highest BCUT2D eigenvalue weighted by Gasteiger charge is 2.39. The lowest BCUT2D eigenvalue weighted by Gasteiger charge is -2.29. The van der Waals surface area contributed by atoms with Gasteiger partial charge in [-0.05, 0) is 24.5 Å². The third kappa shape index (κ3) is 2.92. The van der Waals surface area contributed by atoms with Crippen LogP contribution in [0.2, 0.25) is 0 Å². The van der Waals surface area contributed by atoms with Crippen molar-refractivity contribution in [2.45, 2.75) is 38.3 Å². The van der Waals surface area contributed by atoms with E-state index in [1.807, 2.05) is 0 Å². The molecule has 2 aliphatic heterocycles. The minimum Gasteiger partial charge on any atom is -0.481 e. The molecule has 1 fully saturated rings. The number of nitrogens with one attached hydrogen (secondary N) is 1. The normalized spacial score (nSPS) is 20.4. The summed E-state index contributed by atoms with van der Waals surface area (Å²) in [6.45, 7) is 0.222. The Hall–Kier alpha value is -2.77. The molecule has 0 aliphatic carbocycles. The van der Waals surface area contributed by atoms with Gasteiger partial charge in [0.25, 0.3) is 5.91 Å². The summed E-state index contributed by atoms with van der Waals surface area (Å²) in [5, 5.41) is 11.0. The number of hydrogen-bond donors (Lipinski definition) is 2. The fourth-order valence-electron chi connectivity index (χ4n) is 2.85. The van der Waals surface area contributed by atoms with Gasteiger partial charge >= 0.3 is 5.97 Å². The monoisotopic (exact) mass is 317 g/mol. The minimum absolute atomic E-state index is 0.0362. The standard InChI is InChI=1S/C15H15N3O5/c19-12-3-2-11(14(22)17-12)18-7-10-9(15(18)23)5-8(6-16-10)1-4-13(20)21/h5-6,11H,1-4,7H2,(H,20,21)(H,17,19,22). The molecule has 3 rings (SSSR count). The summed E-state index contributed by atoms with van der Waals surface area (Å²) < 4.78 is 0. The van der Waals surface area contributed by atoms with E-state index in [1.165, 1.54) is 4.90 Å². The molecule has 0 aromatic carbocycles. The minimum atomic E-state index is -0.915. The summed E-state index contributed by atoms with van der Waals surface area (Å²) in [6, 6.07) is 0.969. The van der Waals surface area contributed by atoms with Gasteiger partial charge in [0.1, 0.15) is 6.04 Å². The number of carbonyl (C=O) groups excluding carboxylic acids is 3. The first-order chi connectivity index (χ1) is 11.0. The third-order valence-corrected chi connectivity index (χ3v) is 4.05. The van der Waals surface area contributed by atoms with E-state index < -0.39 is 17.9 Å². The number of pyridine rings is 1. The van der Waals surface area contributed by atoms with Gasteiger partial charge in [-0.1, -0.05) is 0 Å². The van der Waals surface area contributed by atoms with Crippen LogP contribution in [0.5, 0.6) is 0 Å². The highest BCUT2D eigenvalue weighted by atomic mass is 16.4. The van der Waals surface area contributed by atoms with Crippen molar-refractivity contribution in [2.24, 2.45) is 0 Å². The fraction of sp³-hybridized carbons (Fsp3) is 0.400. The van der Waals surface area contributed by atoms with Gasteiger partial charge in [0.2, 0.25) is 11.8 Å². The Morgan fingerprint density at radius 2 is 2.17 bits per heavy atom. The van der Waals surface area contributed by atoms with Gasteiger partial charge in [0, 0.05) is 19.0 Å². The maximum absolute atomic E-state index is 12.5. The van der Waals surface area contributed by atoms with Gasteiger partial charge in [-0.25, -0.2) is 0 Å². The van der Waals surface area contributed by atoms with Crippen LogP contribution < -0.4 is 5.32 Å². The second-order valence-electron chi connectivity index (χ2n) is 5.63. The average molecular weight is 317 g/mol. The summed E-state index contributed by atoms with van der Waals surface area (Å²) in [4.78, 5) is 51.9. The first-order valence-corrected chi connectivity index (χ1v) is 7.30. The van der Waals surface area contributed by atoms with Crippen LogP contribution in [-0.2, 0) is 27.3 Å². The van der Waals surface area contributed by atoms with Crippen molar-refractivity contribution in [3.8, 4) is 0 Å². The number of amides is 3. The number of carboxylic acid groups (broad SMARTS) is 1. The summed E-state index contributed by atoms with van der Waals surface area (Å²) in [5.74, 6) is -2.01. The molecule has 1 saturated heterocycles. The van der Waals surface area contributed by atoms with Gasteiger partial charge in [0.15, 0.2) is 0 Å². The number of carboxylic acids is 1. The third-order valence-electron chi connectivity index (χ3n) is 4.05. The topological polar surface area (TPSA) is 117 Å². The molecule has 0 bridgehead atoms. The lowest BCUT2D eigenvalue weighted by molar-refractivity contribution is -0.138. The number of aryl methyl sites for hydroxylation is 1. The molecule has 120 valence electrons. The number of piperidine rings is 1. The van der Waals surface area contributed by atoms with Crippen LogP contribution in [0.15, 0.2) is 12.3 Å². The highest BCUT2D eigenvalue weighted by Crippen LogP contribution is 2.26. The molecular formula is C15H15N3O5. The summed E-state index contributed by atoms with van der Waals surface area (Å²) >= 11 is 0. The second-order valence-corrected chi connectivity index (χ2v) is 5.63. The number of carbonyl (C=O) groups is 4. The Morgan fingerprint density at radius 1 is 1.39 bits per heavy atom. The zero-order valence-corrected chi connectivity index (χ0v) is 12.2. The predicted octanol–water partition coefficient (Wildman–Crippen LogP) is -0.140. The zero-order valence-electron chi connectivity index (χ0n) is 12.2. The van der Waals surface area contributed by atoms with Crippen molar-refractivity contribution in [3.05, 3.63) is 29.1 Å². The van der Waals surface area contributed by atoms with Crippen LogP contribution in [-0.4, -0.2) is 44.7 Å². The van der Waals surface area contributed by atoms with Crippen LogP contribution in [0.4, 0.5) is 0 Å². The van der Waals surface area contributed by atoms with E-state index in [1.54, 1.807) is 12.3 Å². The molecule has 3 heterocycles. The number of hydrogen-bond acceptors (Lipinski definition) is 5. The molecule has 1 aromatic rings. The summed E-state index contributed by atoms with van der Waals surface area (Å²) in [6.07, 6.45) is 2.32. The molecule has 2 aliphatic rings. The Bertz CT molecular complexity index is 715. The van der Waals surface area contributed by atoms with Gasteiger partial charge in [-0.3, -0.25) is 29.5 Å². The van der Waals surface area contributed by atoms with Crippen molar-refractivity contribution < 1.29 is 24.3 Å². The number of imide groups is 1. The van der Waals surface area contributed by atoms with Gasteiger partial charge in [-0.15, -0.1) is 0 Å². The number of rotatable bonds is 4. The van der Waals surface area contributed by atoms with E-state index in [4.69, 9.17) is 5.11 Å². The molecule has 0 spiro atoms. The first kappa shape index (κ1) is 15.1. The number of fused-ring (bicyclic) bond motifs is 1. The molecule has 3 amide bonds. The van der Waals surface area contributed by atoms with E-state index in [2.05, 4.69) is 10.3 Å². The van der Waals surface area contributed by atoms with E-state index >= 15 is 0 Å². The van der Waals surface area contributed by atoms with Gasteiger partial charge in [-0.2, -0.15) is 0 Å². The number of aliphatic carboxylic acids is 1. The molecule has 8 heteroatoms. The quantitative estimate of drug-likeness (QED) is 0.747. The van der Waals surface area contributed by atoms with Crippen molar-refractivity contribution in [2.75, 3.05) is 0 Å². The fourth-order valence-corrected chi connectivity index (χ4v) is 2.85. The Labute approximate surface area is 131 Å². The molecule has 2 N–H and O–H groups in total. The predicted molar refractivity (Wildman–Crippen MR) is 76.2 cm³/mol. The smallest absolute Gasteiger partial charge is 0.303 e. The molecular weight excluding hydrogens is 302 g/mol. The SMILES string of the molecule is O=C(O)CCc1cnc2c(c1)C(=O)N(C1CCC(=O)NC1=O)C2. The maximum Gasteiger partial charge on any atom is 0.303 e. The Balaban J connectivity index is 1.78. The second kappa shape index (κ2) is 5.79. The van der Waals surface area contributed by atoms with Crippen LogP contribution in [0.3, 0.4) is 0 Å². The Morgan fingerprint density at radius 3 is 2.87 bits per heavy atom. The largest absolute Gasteiger partial charge is 0.481 e. The highest BCUT2D eigenvalue weighted by molar-refractivity contribution is 6.05. The van der Waals surface area contributed by atoms with Gasteiger partial charge in [0.05, 0.1) is 17.8 Å². The molecule has 23 heavy (non-hydrogen) atoms. The number of aromatic nitrogens is 1. The lowest BCUT2D eigenvalue weighted by atomic mass is 10.0. The maximum atomic E-state index is 12.5. The molecule has 0 radical (unpaired) electrons. The van der Waals surface area contributed by atoms with Crippen molar-refractivity contribution in [3.63, 3.8) is 0 Å². The van der Waals surface area contributed by atoms with E-state index in [0.717, 1.165) is 0 Å². The number of nitrogens with zero attached hydrogens (tertiary/aromatic N) is 2. The summed E-state index contributed by atoms with van der Waals surface area (Å²) in [5.41, 5.74) is 1.64. The van der Waals surface area contributed by atoms with E-state index in [0.29, 0.717) is 29.7 Å². The molecule has 0 saturated carbocycles. The van der Waals surface area contributed by atoms with Crippen LogP contribution >= 0.6 is 0 Å².